The number of thiophene rings is 1. The molecule has 3 heterocycles. The van der Waals surface area contributed by atoms with Crippen LogP contribution in [-0.4, -0.2) is 44.1 Å². The quantitative estimate of drug-likeness (QED) is 0.562. The van der Waals surface area contributed by atoms with Crippen LogP contribution < -0.4 is 5.48 Å². The highest BCUT2D eigenvalue weighted by atomic mass is 32.2. The smallest absolute Gasteiger partial charge is 0.335 e. The number of hydrogen-bond acceptors (Lipinski definition) is 7. The second-order valence-electron chi connectivity index (χ2n) is 8.43. The van der Waals surface area contributed by atoms with Crippen molar-refractivity contribution in [2.75, 3.05) is 12.4 Å². The molecule has 0 bridgehead atoms. The zero-order chi connectivity index (χ0) is 23.5. The van der Waals surface area contributed by atoms with E-state index in [1.165, 1.54) is 23.5 Å². The van der Waals surface area contributed by atoms with Gasteiger partial charge in [0.05, 0.1) is 17.7 Å². The first kappa shape index (κ1) is 23.9. The van der Waals surface area contributed by atoms with Crippen molar-refractivity contribution < 1.29 is 32.7 Å². The Morgan fingerprint density at radius 1 is 1.12 bits per heavy atom. The number of ether oxygens (including phenoxy) is 1. The van der Waals surface area contributed by atoms with Gasteiger partial charge in [-0.1, -0.05) is 18.6 Å². The average Bonchev–Trinajstić information content (AvgIpc) is 3.30. The number of carboxylic acids is 1. The minimum atomic E-state index is -3.58. The van der Waals surface area contributed by atoms with Crippen molar-refractivity contribution in [2.45, 2.75) is 56.0 Å². The lowest BCUT2D eigenvalue weighted by Gasteiger charge is -2.35. The minimum absolute atomic E-state index is 0.0351. The Balaban J connectivity index is 1.57. The zero-order valence-electron chi connectivity index (χ0n) is 18.1. The summed E-state index contributed by atoms with van der Waals surface area (Å²) in [6.45, 7) is 0.574. The molecule has 2 aliphatic heterocycles. The third-order valence-electron chi connectivity index (χ3n) is 6.20. The molecular weight excluding hydrogens is 466 g/mol. The van der Waals surface area contributed by atoms with E-state index in [4.69, 9.17) is 14.7 Å². The molecule has 2 fully saturated rings. The first-order valence-corrected chi connectivity index (χ1v) is 13.5. The number of carbonyl (C=O) groups excluding carboxylic acids is 1. The van der Waals surface area contributed by atoms with Crippen molar-refractivity contribution in [1.29, 1.82) is 0 Å². The normalized spacial score (nSPS) is 24.8. The summed E-state index contributed by atoms with van der Waals surface area (Å²) in [7, 11) is -3.58. The summed E-state index contributed by atoms with van der Waals surface area (Å²) in [4.78, 5) is 30.7. The standard InChI is InChI=1S/C23H27NO7S2/c25-20(24-31-21-5-1-3-13-30-21)15-23(12-2-4-14-33(23,28)29)19-11-10-18(32-19)16-6-8-17(9-7-16)22(26)27/h6-11,21H,1-5,12-15H2,(H,24,25)(H,26,27)/t21?,23-/m0/s1. The van der Waals surface area contributed by atoms with Gasteiger partial charge >= 0.3 is 5.97 Å². The molecular formula is C23H27NO7S2. The Kier molecular flexibility index (Phi) is 7.18. The number of amides is 1. The predicted molar refractivity (Wildman–Crippen MR) is 123 cm³/mol. The van der Waals surface area contributed by atoms with Gasteiger partial charge in [0.15, 0.2) is 16.1 Å². The molecule has 1 aromatic heterocycles. The van der Waals surface area contributed by atoms with E-state index in [9.17, 15) is 18.0 Å². The van der Waals surface area contributed by atoms with Gasteiger partial charge in [0.2, 0.25) is 5.91 Å². The molecule has 1 aromatic carbocycles. The summed E-state index contributed by atoms with van der Waals surface area (Å²) in [6, 6.07) is 10.0. The van der Waals surface area contributed by atoms with E-state index in [2.05, 4.69) is 5.48 Å². The largest absolute Gasteiger partial charge is 0.478 e. The van der Waals surface area contributed by atoms with Crippen LogP contribution in [-0.2, 0) is 29.0 Å². The van der Waals surface area contributed by atoms with Crippen molar-refractivity contribution >= 4 is 33.1 Å². The van der Waals surface area contributed by atoms with E-state index in [1.807, 2.05) is 6.07 Å². The van der Waals surface area contributed by atoms with E-state index < -0.39 is 32.8 Å². The van der Waals surface area contributed by atoms with Crippen molar-refractivity contribution in [3.05, 3.63) is 46.8 Å². The minimum Gasteiger partial charge on any atom is -0.478 e. The lowest BCUT2D eigenvalue weighted by Crippen LogP contribution is -2.45. The molecule has 1 unspecified atom stereocenters. The van der Waals surface area contributed by atoms with Crippen LogP contribution in [0.2, 0.25) is 0 Å². The number of hydrogen-bond donors (Lipinski definition) is 2. The molecule has 2 aromatic rings. The highest BCUT2D eigenvalue weighted by Gasteiger charge is 2.49. The molecule has 1 amide bonds. The number of benzene rings is 1. The van der Waals surface area contributed by atoms with Gasteiger partial charge in [-0.3, -0.25) is 4.79 Å². The summed E-state index contributed by atoms with van der Waals surface area (Å²) >= 11 is 1.32. The molecule has 0 radical (unpaired) electrons. The fourth-order valence-corrected chi connectivity index (χ4v) is 8.15. The maximum Gasteiger partial charge on any atom is 0.335 e. The molecule has 2 saturated heterocycles. The van der Waals surface area contributed by atoms with E-state index in [0.717, 1.165) is 23.3 Å². The highest BCUT2D eigenvalue weighted by molar-refractivity contribution is 7.92. The van der Waals surface area contributed by atoms with Crippen LogP contribution in [0, 0.1) is 0 Å². The molecule has 2 atom stereocenters. The number of carbonyl (C=O) groups is 2. The monoisotopic (exact) mass is 493 g/mol. The lowest BCUT2D eigenvalue weighted by molar-refractivity contribution is -0.200. The second kappa shape index (κ2) is 9.92. The van der Waals surface area contributed by atoms with Gasteiger partial charge in [0.25, 0.3) is 0 Å². The van der Waals surface area contributed by atoms with E-state index >= 15 is 0 Å². The summed E-state index contributed by atoms with van der Waals surface area (Å²) in [5, 5.41) is 9.10. The first-order valence-electron chi connectivity index (χ1n) is 11.0. The molecule has 4 rings (SSSR count). The van der Waals surface area contributed by atoms with Gasteiger partial charge in [0, 0.05) is 22.8 Å². The lowest BCUT2D eigenvalue weighted by atomic mass is 9.94. The topological polar surface area (TPSA) is 119 Å². The van der Waals surface area contributed by atoms with Crippen molar-refractivity contribution in [3.8, 4) is 10.4 Å². The molecule has 8 nitrogen and oxygen atoms in total. The number of carboxylic acid groups (broad SMARTS) is 1. The van der Waals surface area contributed by atoms with Crippen LogP contribution in [0.3, 0.4) is 0 Å². The molecule has 0 aliphatic carbocycles. The molecule has 178 valence electrons. The van der Waals surface area contributed by atoms with Crippen LogP contribution in [0.4, 0.5) is 0 Å². The van der Waals surface area contributed by atoms with Crippen LogP contribution in [0.5, 0.6) is 0 Å². The summed E-state index contributed by atoms with van der Waals surface area (Å²) in [5.74, 6) is -1.46. The maximum atomic E-state index is 13.3. The number of rotatable bonds is 7. The Morgan fingerprint density at radius 2 is 1.91 bits per heavy atom. The molecule has 0 saturated carbocycles. The predicted octanol–water partition coefficient (Wildman–Crippen LogP) is 3.87. The second-order valence-corrected chi connectivity index (χ2v) is 11.9. The molecule has 2 N–H and O–H groups in total. The fourth-order valence-electron chi connectivity index (χ4n) is 4.36. The van der Waals surface area contributed by atoms with Crippen molar-refractivity contribution in [1.82, 2.24) is 5.48 Å². The van der Waals surface area contributed by atoms with Crippen LogP contribution >= 0.6 is 11.3 Å². The van der Waals surface area contributed by atoms with Gasteiger partial charge in [-0.25, -0.2) is 23.5 Å². The number of sulfone groups is 1. The first-order chi connectivity index (χ1) is 15.8. The average molecular weight is 494 g/mol. The summed E-state index contributed by atoms with van der Waals surface area (Å²) in [5.41, 5.74) is 3.38. The van der Waals surface area contributed by atoms with E-state index in [0.29, 0.717) is 37.2 Å². The Hall–Kier alpha value is -2.27. The molecule has 0 spiro atoms. The fraction of sp³-hybridized carbons (Fsp3) is 0.478. The molecule has 33 heavy (non-hydrogen) atoms. The molecule has 2 aliphatic rings. The number of nitrogens with one attached hydrogen (secondary N) is 1. The van der Waals surface area contributed by atoms with Crippen LogP contribution in [0.25, 0.3) is 10.4 Å². The van der Waals surface area contributed by atoms with Gasteiger partial charge in [-0.15, -0.1) is 11.3 Å². The van der Waals surface area contributed by atoms with Crippen molar-refractivity contribution in [3.63, 3.8) is 0 Å². The van der Waals surface area contributed by atoms with Crippen LogP contribution in [0.1, 0.15) is 60.2 Å². The maximum absolute atomic E-state index is 13.3. The van der Waals surface area contributed by atoms with Gasteiger partial charge in [-0.05, 0) is 55.5 Å². The highest BCUT2D eigenvalue weighted by Crippen LogP contribution is 2.47. The van der Waals surface area contributed by atoms with Gasteiger partial charge in [0.1, 0.15) is 4.75 Å². The Labute approximate surface area is 196 Å². The van der Waals surface area contributed by atoms with Gasteiger partial charge in [-0.2, -0.15) is 0 Å². The third kappa shape index (κ3) is 5.13. The number of hydroxylamine groups is 1. The van der Waals surface area contributed by atoms with Crippen molar-refractivity contribution in [2.24, 2.45) is 0 Å². The summed E-state index contributed by atoms with van der Waals surface area (Å²) in [6.07, 6.45) is 3.49. The Bertz CT molecular complexity index is 1100. The number of aromatic carboxylic acids is 1. The third-order valence-corrected chi connectivity index (χ3v) is 10.3. The Morgan fingerprint density at radius 3 is 2.58 bits per heavy atom. The molecule has 10 heteroatoms. The SMILES string of the molecule is O=C(C[C@]1(c2ccc(-c3ccc(C(=O)O)cc3)s2)CCCCS1(=O)=O)NOC1CCCCO1. The summed E-state index contributed by atoms with van der Waals surface area (Å²) < 4.78 is 30.8. The van der Waals surface area contributed by atoms with E-state index in [-0.39, 0.29) is 17.7 Å². The van der Waals surface area contributed by atoms with Crippen LogP contribution in [0.15, 0.2) is 36.4 Å². The van der Waals surface area contributed by atoms with E-state index in [1.54, 1.807) is 18.2 Å². The van der Waals surface area contributed by atoms with Gasteiger partial charge < -0.3 is 9.84 Å². The zero-order valence-corrected chi connectivity index (χ0v) is 19.8.